The molecule has 6 heteroatoms. The minimum absolute atomic E-state index is 0.0103. The molecule has 0 unspecified atom stereocenters. The molecule has 0 aliphatic heterocycles. The molecule has 0 spiro atoms. The van der Waals surface area contributed by atoms with E-state index >= 15 is 0 Å². The van der Waals surface area contributed by atoms with E-state index in [4.69, 9.17) is 0 Å². The standard InChI is InChI=1S/C24H29N3O2S/c1-5-16(3)27-23(29)20-9-7-8-10-21(20)26-24(27)30-15-22(28)25-17(4)19-13-11-18(6-2)12-14-19/h7-14,16-17H,5-6,15H2,1-4H3,(H,25,28)/t16-,17+/m0/s1. The average molecular weight is 424 g/mol. The second-order valence-corrected chi connectivity index (χ2v) is 8.46. The zero-order valence-electron chi connectivity index (χ0n) is 18.0. The SMILES string of the molecule is CCc1ccc([C@@H](C)NC(=O)CSc2nc3ccccc3c(=O)n2[C@@H](C)CC)cc1. The molecule has 0 saturated carbocycles. The monoisotopic (exact) mass is 423 g/mol. The van der Waals surface area contributed by atoms with E-state index in [1.54, 1.807) is 10.6 Å². The Bertz CT molecular complexity index is 1080. The van der Waals surface area contributed by atoms with Crippen LogP contribution in [-0.2, 0) is 11.2 Å². The summed E-state index contributed by atoms with van der Waals surface area (Å²) in [5.74, 6) is 0.128. The van der Waals surface area contributed by atoms with Crippen LogP contribution >= 0.6 is 11.8 Å². The highest BCUT2D eigenvalue weighted by atomic mass is 32.2. The van der Waals surface area contributed by atoms with Gasteiger partial charge in [-0.05, 0) is 49.9 Å². The number of hydrogen-bond donors (Lipinski definition) is 1. The van der Waals surface area contributed by atoms with Crippen molar-refractivity contribution in [2.24, 2.45) is 0 Å². The summed E-state index contributed by atoms with van der Waals surface area (Å²) in [5, 5.41) is 4.24. The number of nitrogens with one attached hydrogen (secondary N) is 1. The van der Waals surface area contributed by atoms with Crippen molar-refractivity contribution < 1.29 is 4.79 Å². The van der Waals surface area contributed by atoms with E-state index in [-0.39, 0.29) is 29.3 Å². The third kappa shape index (κ3) is 4.93. The predicted octanol–water partition coefficient (Wildman–Crippen LogP) is 4.90. The van der Waals surface area contributed by atoms with Crippen LogP contribution in [-0.4, -0.2) is 21.2 Å². The van der Waals surface area contributed by atoms with Crippen molar-refractivity contribution in [2.45, 2.75) is 57.8 Å². The number of benzene rings is 2. The number of fused-ring (bicyclic) bond motifs is 1. The molecule has 0 aliphatic carbocycles. The van der Waals surface area contributed by atoms with Gasteiger partial charge in [0.2, 0.25) is 5.91 Å². The Labute approximate surface area is 181 Å². The Hall–Kier alpha value is -2.60. The first-order valence-corrected chi connectivity index (χ1v) is 11.4. The van der Waals surface area contributed by atoms with Gasteiger partial charge < -0.3 is 5.32 Å². The Balaban J connectivity index is 1.75. The van der Waals surface area contributed by atoms with E-state index in [2.05, 4.69) is 41.5 Å². The highest BCUT2D eigenvalue weighted by Gasteiger charge is 2.17. The Morgan fingerprint density at radius 2 is 1.80 bits per heavy atom. The summed E-state index contributed by atoms with van der Waals surface area (Å²) < 4.78 is 1.72. The lowest BCUT2D eigenvalue weighted by Gasteiger charge is -2.19. The lowest BCUT2D eigenvalue weighted by atomic mass is 10.1. The van der Waals surface area contributed by atoms with Crippen molar-refractivity contribution in [1.82, 2.24) is 14.9 Å². The Kier molecular flexibility index (Phi) is 7.32. The smallest absolute Gasteiger partial charge is 0.262 e. The first-order valence-electron chi connectivity index (χ1n) is 10.5. The molecule has 0 fully saturated rings. The summed E-state index contributed by atoms with van der Waals surface area (Å²) in [4.78, 5) is 30.3. The first-order chi connectivity index (χ1) is 14.4. The number of carbonyl (C=O) groups excluding carboxylic acids is 1. The zero-order valence-corrected chi connectivity index (χ0v) is 18.8. The maximum absolute atomic E-state index is 13.0. The fourth-order valence-electron chi connectivity index (χ4n) is 3.34. The number of nitrogens with zero attached hydrogens (tertiary/aromatic N) is 2. The fourth-order valence-corrected chi connectivity index (χ4v) is 4.25. The van der Waals surface area contributed by atoms with Gasteiger partial charge in [0.15, 0.2) is 5.16 Å². The molecule has 0 saturated heterocycles. The van der Waals surface area contributed by atoms with Crippen LogP contribution in [0.2, 0.25) is 0 Å². The highest BCUT2D eigenvalue weighted by molar-refractivity contribution is 7.99. The van der Waals surface area contributed by atoms with Crippen molar-refractivity contribution in [1.29, 1.82) is 0 Å². The summed E-state index contributed by atoms with van der Waals surface area (Å²) >= 11 is 1.31. The van der Waals surface area contributed by atoms with Crippen LogP contribution in [0.25, 0.3) is 10.9 Å². The predicted molar refractivity (Wildman–Crippen MR) is 124 cm³/mol. The molecule has 0 radical (unpaired) electrons. The maximum Gasteiger partial charge on any atom is 0.262 e. The molecule has 1 heterocycles. The van der Waals surface area contributed by atoms with Crippen molar-refractivity contribution in [2.75, 3.05) is 5.75 Å². The second kappa shape index (κ2) is 9.94. The van der Waals surface area contributed by atoms with Gasteiger partial charge >= 0.3 is 0 Å². The molecule has 0 aliphatic rings. The van der Waals surface area contributed by atoms with Crippen LogP contribution in [0.3, 0.4) is 0 Å². The largest absolute Gasteiger partial charge is 0.349 e. The average Bonchev–Trinajstić information content (AvgIpc) is 2.77. The normalized spacial score (nSPS) is 13.2. The number of thioether (sulfide) groups is 1. The van der Waals surface area contributed by atoms with Crippen LogP contribution < -0.4 is 10.9 Å². The van der Waals surface area contributed by atoms with Gasteiger partial charge in [0.1, 0.15) is 0 Å². The molecule has 1 aromatic heterocycles. The second-order valence-electron chi connectivity index (χ2n) is 7.52. The van der Waals surface area contributed by atoms with E-state index < -0.39 is 0 Å². The van der Waals surface area contributed by atoms with Gasteiger partial charge in [0, 0.05) is 6.04 Å². The van der Waals surface area contributed by atoms with Gasteiger partial charge in [-0.2, -0.15) is 0 Å². The number of para-hydroxylation sites is 1. The number of rotatable bonds is 8. The van der Waals surface area contributed by atoms with Gasteiger partial charge in [-0.1, -0.05) is 62.0 Å². The summed E-state index contributed by atoms with van der Waals surface area (Å²) in [6, 6.07) is 15.6. The van der Waals surface area contributed by atoms with E-state index in [1.165, 1.54) is 17.3 Å². The molecule has 3 rings (SSSR count). The minimum Gasteiger partial charge on any atom is -0.349 e. The van der Waals surface area contributed by atoms with Gasteiger partial charge in [0.25, 0.3) is 5.56 Å². The molecular weight excluding hydrogens is 394 g/mol. The lowest BCUT2D eigenvalue weighted by molar-refractivity contribution is -0.119. The van der Waals surface area contributed by atoms with Crippen molar-refractivity contribution in [3.63, 3.8) is 0 Å². The molecule has 1 amide bonds. The summed E-state index contributed by atoms with van der Waals surface area (Å²) in [5.41, 5.74) is 2.96. The molecular formula is C24H29N3O2S. The quantitative estimate of drug-likeness (QED) is 0.413. The molecule has 1 N–H and O–H groups in total. The van der Waals surface area contributed by atoms with Crippen molar-refractivity contribution in [3.05, 3.63) is 70.0 Å². The third-order valence-corrected chi connectivity index (χ3v) is 6.36. The van der Waals surface area contributed by atoms with Crippen molar-refractivity contribution in [3.8, 4) is 0 Å². The van der Waals surface area contributed by atoms with E-state index in [1.807, 2.05) is 39.0 Å². The van der Waals surface area contributed by atoms with Crippen LogP contribution in [0.4, 0.5) is 0 Å². The zero-order chi connectivity index (χ0) is 21.7. The molecule has 158 valence electrons. The summed E-state index contributed by atoms with van der Waals surface area (Å²) in [7, 11) is 0. The minimum atomic E-state index is -0.0785. The van der Waals surface area contributed by atoms with Crippen LogP contribution in [0.5, 0.6) is 0 Å². The fraction of sp³-hybridized carbons (Fsp3) is 0.375. The van der Waals surface area contributed by atoms with Crippen LogP contribution in [0.1, 0.15) is 57.3 Å². The molecule has 30 heavy (non-hydrogen) atoms. The number of carbonyl (C=O) groups is 1. The highest BCUT2D eigenvalue weighted by Crippen LogP contribution is 2.22. The van der Waals surface area contributed by atoms with Gasteiger partial charge in [-0.3, -0.25) is 14.2 Å². The summed E-state index contributed by atoms with van der Waals surface area (Å²) in [6.45, 7) is 8.15. The molecule has 2 atom stereocenters. The molecule has 3 aromatic rings. The number of aryl methyl sites for hydroxylation is 1. The molecule has 5 nitrogen and oxygen atoms in total. The number of amides is 1. The number of hydrogen-bond acceptors (Lipinski definition) is 4. The third-order valence-electron chi connectivity index (χ3n) is 5.40. The topological polar surface area (TPSA) is 64.0 Å². The van der Waals surface area contributed by atoms with E-state index in [0.717, 1.165) is 18.4 Å². The van der Waals surface area contributed by atoms with Crippen LogP contribution in [0, 0.1) is 0 Å². The first kappa shape index (κ1) is 22.1. The Morgan fingerprint density at radius 1 is 1.10 bits per heavy atom. The maximum atomic E-state index is 13.0. The molecule has 0 bridgehead atoms. The lowest BCUT2D eigenvalue weighted by Crippen LogP contribution is -2.29. The van der Waals surface area contributed by atoms with Gasteiger partial charge in [-0.15, -0.1) is 0 Å². The van der Waals surface area contributed by atoms with E-state index in [0.29, 0.717) is 16.1 Å². The number of aromatic nitrogens is 2. The van der Waals surface area contributed by atoms with E-state index in [9.17, 15) is 9.59 Å². The summed E-state index contributed by atoms with van der Waals surface area (Å²) in [6.07, 6.45) is 1.80. The Morgan fingerprint density at radius 3 is 2.47 bits per heavy atom. The van der Waals surface area contributed by atoms with Crippen LogP contribution in [0.15, 0.2) is 58.5 Å². The van der Waals surface area contributed by atoms with Crippen molar-refractivity contribution >= 4 is 28.6 Å². The van der Waals surface area contributed by atoms with Gasteiger partial charge in [0.05, 0.1) is 22.7 Å². The van der Waals surface area contributed by atoms with Gasteiger partial charge in [-0.25, -0.2) is 4.98 Å². The molecule has 2 aromatic carbocycles.